The fourth-order valence-corrected chi connectivity index (χ4v) is 3.85. The first-order valence-electron chi connectivity index (χ1n) is 9.94. The molecule has 0 fully saturated rings. The molecule has 0 spiro atoms. The number of halogens is 4. The standard InChI is InChI=1S/C22H18F4N4O3/c23-15-11-14(5-6-17(15)33-22(24,25)26)21(30-20(32)13-4-7-18(31)29-12-13)8-2-10-27-16-3-1-9-28-19(16)21/h1,3-7,9,11-12,27H,2,8,10H2,(H,29,31)(H,30,32). The van der Waals surface area contributed by atoms with Crippen LogP contribution in [0, 0.1) is 5.82 Å². The molecule has 2 aromatic heterocycles. The zero-order valence-corrected chi connectivity index (χ0v) is 17.0. The van der Waals surface area contributed by atoms with Gasteiger partial charge in [0.25, 0.3) is 5.91 Å². The van der Waals surface area contributed by atoms with Crippen molar-refractivity contribution in [3.8, 4) is 5.75 Å². The summed E-state index contributed by atoms with van der Waals surface area (Å²) >= 11 is 0. The Balaban J connectivity index is 1.84. The molecule has 7 nitrogen and oxygen atoms in total. The molecule has 172 valence electrons. The topological polar surface area (TPSA) is 96.1 Å². The van der Waals surface area contributed by atoms with Crippen LogP contribution >= 0.6 is 0 Å². The second-order valence-corrected chi connectivity index (χ2v) is 7.42. The van der Waals surface area contributed by atoms with E-state index in [2.05, 4.69) is 25.3 Å². The van der Waals surface area contributed by atoms with Crippen LogP contribution in [0.2, 0.25) is 0 Å². The van der Waals surface area contributed by atoms with E-state index in [1.165, 1.54) is 30.6 Å². The Morgan fingerprint density at radius 3 is 2.70 bits per heavy atom. The highest BCUT2D eigenvalue weighted by Gasteiger charge is 2.41. The number of nitrogens with zero attached hydrogens (tertiary/aromatic N) is 1. The van der Waals surface area contributed by atoms with E-state index in [9.17, 15) is 27.2 Å². The van der Waals surface area contributed by atoms with E-state index < -0.39 is 34.9 Å². The van der Waals surface area contributed by atoms with Gasteiger partial charge >= 0.3 is 6.36 Å². The van der Waals surface area contributed by atoms with Gasteiger partial charge in [-0.3, -0.25) is 14.6 Å². The number of ether oxygens (including phenoxy) is 1. The average Bonchev–Trinajstić information content (AvgIpc) is 2.95. The number of carbonyl (C=O) groups is 1. The Labute approximate surface area is 184 Å². The molecule has 4 rings (SSSR count). The van der Waals surface area contributed by atoms with Crippen LogP contribution in [0.1, 0.15) is 34.5 Å². The second kappa shape index (κ2) is 8.57. The Kier molecular flexibility index (Phi) is 5.79. The molecule has 0 radical (unpaired) electrons. The van der Waals surface area contributed by atoms with Crippen molar-refractivity contribution in [2.45, 2.75) is 24.7 Å². The highest BCUT2D eigenvalue weighted by atomic mass is 19.4. The van der Waals surface area contributed by atoms with Crippen molar-refractivity contribution in [1.82, 2.24) is 15.3 Å². The number of hydrogen-bond donors (Lipinski definition) is 3. The molecular weight excluding hydrogens is 444 g/mol. The summed E-state index contributed by atoms with van der Waals surface area (Å²) in [4.78, 5) is 31.3. The van der Waals surface area contributed by atoms with Gasteiger partial charge in [0.2, 0.25) is 5.56 Å². The van der Waals surface area contributed by atoms with Crippen LogP contribution in [-0.2, 0) is 5.54 Å². The predicted molar refractivity (Wildman–Crippen MR) is 110 cm³/mol. The molecule has 3 heterocycles. The number of amides is 1. The fourth-order valence-electron chi connectivity index (χ4n) is 3.85. The maximum atomic E-state index is 14.7. The van der Waals surface area contributed by atoms with E-state index in [1.807, 2.05) is 0 Å². The first-order valence-corrected chi connectivity index (χ1v) is 9.94. The first-order chi connectivity index (χ1) is 15.7. The van der Waals surface area contributed by atoms with Crippen LogP contribution < -0.4 is 20.9 Å². The van der Waals surface area contributed by atoms with Gasteiger partial charge in [-0.15, -0.1) is 13.2 Å². The van der Waals surface area contributed by atoms with Gasteiger partial charge in [-0.05, 0) is 48.7 Å². The van der Waals surface area contributed by atoms with E-state index in [0.717, 1.165) is 12.1 Å². The second-order valence-electron chi connectivity index (χ2n) is 7.42. The van der Waals surface area contributed by atoms with Gasteiger partial charge < -0.3 is 20.4 Å². The van der Waals surface area contributed by atoms with Crippen LogP contribution in [0.15, 0.2) is 59.7 Å². The average molecular weight is 462 g/mol. The summed E-state index contributed by atoms with van der Waals surface area (Å²) in [5.74, 6) is -2.81. The molecule has 33 heavy (non-hydrogen) atoms. The number of hydrogen-bond acceptors (Lipinski definition) is 5. The number of rotatable bonds is 4. The minimum atomic E-state index is -5.06. The lowest BCUT2D eigenvalue weighted by Crippen LogP contribution is -2.47. The molecule has 0 saturated carbocycles. The summed E-state index contributed by atoms with van der Waals surface area (Å²) in [7, 11) is 0. The van der Waals surface area contributed by atoms with Crippen LogP contribution in [0.4, 0.5) is 23.2 Å². The number of fused-ring (bicyclic) bond motifs is 1. The third kappa shape index (κ3) is 4.66. The Hall–Kier alpha value is -3.89. The molecule has 0 bridgehead atoms. The summed E-state index contributed by atoms with van der Waals surface area (Å²) in [6, 6.07) is 8.98. The van der Waals surface area contributed by atoms with Crippen molar-refractivity contribution in [2.24, 2.45) is 0 Å². The summed E-state index contributed by atoms with van der Waals surface area (Å²) in [6.07, 6.45) is -1.51. The Bertz CT molecular complexity index is 1220. The highest BCUT2D eigenvalue weighted by Crippen LogP contribution is 2.40. The van der Waals surface area contributed by atoms with E-state index in [-0.39, 0.29) is 17.5 Å². The summed E-state index contributed by atoms with van der Waals surface area (Å²) in [5, 5.41) is 6.08. The number of nitrogens with one attached hydrogen (secondary N) is 3. The smallest absolute Gasteiger partial charge is 0.403 e. The number of aromatic nitrogens is 2. The van der Waals surface area contributed by atoms with Gasteiger partial charge in [-0.25, -0.2) is 4.39 Å². The molecule has 1 aliphatic heterocycles. The van der Waals surface area contributed by atoms with Gasteiger partial charge in [0, 0.05) is 25.0 Å². The lowest BCUT2D eigenvalue weighted by molar-refractivity contribution is -0.275. The van der Waals surface area contributed by atoms with E-state index in [1.54, 1.807) is 12.1 Å². The maximum absolute atomic E-state index is 14.7. The van der Waals surface area contributed by atoms with Gasteiger partial charge in [-0.1, -0.05) is 6.07 Å². The Morgan fingerprint density at radius 1 is 1.18 bits per heavy atom. The summed E-state index contributed by atoms with van der Waals surface area (Å²) in [5.41, 5.74) is -0.464. The first kappa shape index (κ1) is 22.3. The van der Waals surface area contributed by atoms with E-state index in [4.69, 9.17) is 0 Å². The van der Waals surface area contributed by atoms with Gasteiger partial charge in [-0.2, -0.15) is 0 Å². The normalized spacial score (nSPS) is 17.9. The molecule has 1 amide bonds. The van der Waals surface area contributed by atoms with Crippen molar-refractivity contribution in [3.63, 3.8) is 0 Å². The summed E-state index contributed by atoms with van der Waals surface area (Å²) < 4.78 is 56.2. The van der Waals surface area contributed by atoms with Crippen LogP contribution in [0.25, 0.3) is 0 Å². The Morgan fingerprint density at radius 2 is 2.00 bits per heavy atom. The predicted octanol–water partition coefficient (Wildman–Crippen LogP) is 3.69. The monoisotopic (exact) mass is 462 g/mol. The molecule has 3 aromatic rings. The number of anilines is 1. The summed E-state index contributed by atoms with van der Waals surface area (Å²) in [6.45, 7) is 0.534. The minimum absolute atomic E-state index is 0.140. The molecular formula is C22H18F4N4O3. The molecule has 0 aliphatic carbocycles. The molecule has 1 atom stereocenters. The number of carbonyl (C=O) groups excluding carboxylic acids is 1. The zero-order chi connectivity index (χ0) is 23.6. The molecule has 0 saturated heterocycles. The van der Waals surface area contributed by atoms with Gasteiger partial charge in [0.05, 0.1) is 16.9 Å². The molecule has 1 aliphatic rings. The largest absolute Gasteiger partial charge is 0.573 e. The van der Waals surface area contributed by atoms with Gasteiger partial charge in [0.15, 0.2) is 11.6 Å². The molecule has 3 N–H and O–H groups in total. The number of alkyl halides is 3. The molecule has 1 aromatic carbocycles. The number of benzene rings is 1. The highest BCUT2D eigenvalue weighted by molar-refractivity contribution is 5.95. The molecule has 1 unspecified atom stereocenters. The SMILES string of the molecule is O=C(NC1(c2ccc(OC(F)(F)F)c(F)c2)CCCNc2cccnc21)c1ccc(=O)[nH]c1. The number of pyridine rings is 2. The lowest BCUT2D eigenvalue weighted by atomic mass is 9.81. The number of H-pyrrole nitrogens is 1. The van der Waals surface area contributed by atoms with Crippen molar-refractivity contribution >= 4 is 11.6 Å². The van der Waals surface area contributed by atoms with Crippen LogP contribution in [0.3, 0.4) is 0 Å². The third-order valence-electron chi connectivity index (χ3n) is 5.28. The third-order valence-corrected chi connectivity index (χ3v) is 5.28. The van der Waals surface area contributed by atoms with Crippen molar-refractivity contribution in [3.05, 3.63) is 87.9 Å². The van der Waals surface area contributed by atoms with Crippen molar-refractivity contribution in [1.29, 1.82) is 0 Å². The van der Waals surface area contributed by atoms with Crippen LogP contribution in [0.5, 0.6) is 5.75 Å². The minimum Gasteiger partial charge on any atom is -0.403 e. The van der Waals surface area contributed by atoms with Gasteiger partial charge in [0.1, 0.15) is 5.54 Å². The lowest BCUT2D eigenvalue weighted by Gasteiger charge is -2.35. The van der Waals surface area contributed by atoms with E-state index >= 15 is 0 Å². The number of aromatic amines is 1. The molecule has 11 heteroatoms. The van der Waals surface area contributed by atoms with Crippen molar-refractivity contribution in [2.75, 3.05) is 11.9 Å². The fraction of sp³-hybridized carbons (Fsp3) is 0.227. The zero-order valence-electron chi connectivity index (χ0n) is 17.0. The quantitative estimate of drug-likeness (QED) is 0.514. The van der Waals surface area contributed by atoms with Crippen molar-refractivity contribution < 1.29 is 27.1 Å². The van der Waals surface area contributed by atoms with E-state index in [0.29, 0.717) is 24.3 Å². The maximum Gasteiger partial charge on any atom is 0.573 e. The van der Waals surface area contributed by atoms with Crippen LogP contribution in [-0.4, -0.2) is 28.8 Å².